The van der Waals surface area contributed by atoms with E-state index in [1.54, 1.807) is 0 Å². The zero-order chi connectivity index (χ0) is 45.2. The van der Waals surface area contributed by atoms with Gasteiger partial charge in [-0.25, -0.2) is 0 Å². The third kappa shape index (κ3) is 44.2. The largest absolute Gasteiger partial charge is 0.462 e. The summed E-state index contributed by atoms with van der Waals surface area (Å²) in [6.45, 7) is 6.43. The Balaban J connectivity index is 4.66. The maximum absolute atomic E-state index is 13.2. The van der Waals surface area contributed by atoms with Crippen LogP contribution in [0.4, 0.5) is 0 Å². The Kier molecular flexibility index (Phi) is 47.6. The minimum Gasteiger partial charge on any atom is -0.462 e. The molecule has 3 N–H and O–H groups in total. The van der Waals surface area contributed by atoms with E-state index in [9.17, 15) is 19.8 Å². The second kappa shape index (κ2) is 49.6. The standard InChI is InChI=1S/C56H101NO5/c1-4-7-10-13-16-19-21-23-25-27-28-30-32-34-37-40-43-46-49-56(61)62-52(47-44-41-38-36-33-31-29-26-24-22-20-17-14-11-8-5-2)50-55(60)57-53(51-58)54(59)48-45-42-39-35-18-15-12-9-6-3/h22,24-31,33,52-54,58-59H,4-21,23,32,34-51H2,1-3H3,(H,57,60)/b24-22+,27-25+,29-26+,30-28+,33-31+. The molecular formula is C56H101NO5. The van der Waals surface area contributed by atoms with Crippen molar-refractivity contribution in [2.24, 2.45) is 0 Å². The van der Waals surface area contributed by atoms with E-state index in [2.05, 4.69) is 86.8 Å². The van der Waals surface area contributed by atoms with Crippen LogP contribution in [0.2, 0.25) is 0 Å². The van der Waals surface area contributed by atoms with E-state index in [0.29, 0.717) is 19.3 Å². The molecule has 0 aromatic rings. The van der Waals surface area contributed by atoms with Crippen LogP contribution in [0.25, 0.3) is 0 Å². The van der Waals surface area contributed by atoms with E-state index >= 15 is 0 Å². The minimum absolute atomic E-state index is 0.0474. The summed E-state index contributed by atoms with van der Waals surface area (Å²) in [6, 6.07) is -0.716. The van der Waals surface area contributed by atoms with Gasteiger partial charge in [-0.3, -0.25) is 9.59 Å². The normalized spacial score (nSPS) is 13.7. The molecule has 3 atom stereocenters. The Morgan fingerprint density at radius 3 is 1.26 bits per heavy atom. The lowest BCUT2D eigenvalue weighted by atomic mass is 10.0. The van der Waals surface area contributed by atoms with Crippen molar-refractivity contribution >= 4 is 11.9 Å². The van der Waals surface area contributed by atoms with Gasteiger partial charge in [-0.2, -0.15) is 0 Å². The predicted molar refractivity (Wildman–Crippen MR) is 268 cm³/mol. The average molecular weight is 868 g/mol. The van der Waals surface area contributed by atoms with Gasteiger partial charge in [0.15, 0.2) is 0 Å². The second-order valence-electron chi connectivity index (χ2n) is 18.0. The lowest BCUT2D eigenvalue weighted by molar-refractivity contribution is -0.151. The summed E-state index contributed by atoms with van der Waals surface area (Å²) in [4.78, 5) is 26.1. The number of carbonyl (C=O) groups is 2. The van der Waals surface area contributed by atoms with Crippen molar-refractivity contribution in [3.63, 3.8) is 0 Å². The molecule has 0 aliphatic carbocycles. The van der Waals surface area contributed by atoms with Gasteiger partial charge in [0.2, 0.25) is 5.91 Å². The van der Waals surface area contributed by atoms with E-state index in [-0.39, 0.29) is 24.9 Å². The van der Waals surface area contributed by atoms with Crippen molar-refractivity contribution < 1.29 is 24.5 Å². The van der Waals surface area contributed by atoms with Gasteiger partial charge in [0.1, 0.15) is 6.10 Å². The summed E-state index contributed by atoms with van der Waals surface area (Å²) in [7, 11) is 0. The number of ether oxygens (including phenoxy) is 1. The van der Waals surface area contributed by atoms with Gasteiger partial charge in [-0.15, -0.1) is 0 Å². The maximum atomic E-state index is 13.2. The van der Waals surface area contributed by atoms with Crippen molar-refractivity contribution in [2.75, 3.05) is 6.61 Å². The smallest absolute Gasteiger partial charge is 0.306 e. The summed E-state index contributed by atoms with van der Waals surface area (Å²) in [5, 5.41) is 23.7. The topological polar surface area (TPSA) is 95.9 Å². The lowest BCUT2D eigenvalue weighted by Gasteiger charge is -2.24. The number of hydrogen-bond donors (Lipinski definition) is 3. The molecule has 0 fully saturated rings. The molecule has 0 bridgehead atoms. The van der Waals surface area contributed by atoms with Crippen LogP contribution in [0.1, 0.15) is 258 Å². The molecule has 0 saturated carbocycles. The molecule has 0 heterocycles. The molecule has 6 heteroatoms. The molecule has 6 nitrogen and oxygen atoms in total. The van der Waals surface area contributed by atoms with Crippen LogP contribution in [0, 0.1) is 0 Å². The third-order valence-corrected chi connectivity index (χ3v) is 11.9. The fraction of sp³-hybridized carbons (Fsp3) is 0.786. The van der Waals surface area contributed by atoms with Crippen LogP contribution in [-0.4, -0.2) is 46.9 Å². The first-order valence-electron chi connectivity index (χ1n) is 26.6. The highest BCUT2D eigenvalue weighted by molar-refractivity contribution is 5.77. The Hall–Kier alpha value is -2.44. The van der Waals surface area contributed by atoms with Gasteiger partial charge in [-0.05, 0) is 77.0 Å². The fourth-order valence-corrected chi connectivity index (χ4v) is 7.83. The quantitative estimate of drug-likeness (QED) is 0.0322. The Morgan fingerprint density at radius 1 is 0.468 bits per heavy atom. The van der Waals surface area contributed by atoms with Crippen molar-refractivity contribution in [1.29, 1.82) is 0 Å². The molecule has 0 aliphatic rings. The zero-order valence-corrected chi connectivity index (χ0v) is 41.0. The van der Waals surface area contributed by atoms with Crippen LogP contribution >= 0.6 is 0 Å². The van der Waals surface area contributed by atoms with Gasteiger partial charge in [0.05, 0.1) is 25.2 Å². The molecule has 1 amide bonds. The summed E-state index contributed by atoms with van der Waals surface area (Å²) in [6.07, 6.45) is 61.4. The van der Waals surface area contributed by atoms with E-state index in [4.69, 9.17) is 4.74 Å². The molecule has 62 heavy (non-hydrogen) atoms. The minimum atomic E-state index is -0.800. The lowest BCUT2D eigenvalue weighted by Crippen LogP contribution is -2.46. The average Bonchev–Trinajstić information content (AvgIpc) is 3.26. The van der Waals surface area contributed by atoms with Crippen LogP contribution in [0.3, 0.4) is 0 Å². The highest BCUT2D eigenvalue weighted by Gasteiger charge is 2.24. The molecule has 360 valence electrons. The van der Waals surface area contributed by atoms with E-state index in [0.717, 1.165) is 89.9 Å². The first-order valence-corrected chi connectivity index (χ1v) is 26.6. The van der Waals surface area contributed by atoms with E-state index in [1.165, 1.54) is 122 Å². The number of nitrogens with one attached hydrogen (secondary N) is 1. The monoisotopic (exact) mass is 868 g/mol. The number of amides is 1. The summed E-state index contributed by atoms with van der Waals surface area (Å²) in [5.74, 6) is -0.524. The number of unbranched alkanes of at least 4 members (excludes halogenated alkanes) is 28. The molecule has 0 rings (SSSR count). The predicted octanol–water partition coefficient (Wildman–Crippen LogP) is 16.0. The number of rotatable bonds is 47. The van der Waals surface area contributed by atoms with Gasteiger partial charge in [0.25, 0.3) is 0 Å². The van der Waals surface area contributed by atoms with Crippen LogP contribution in [-0.2, 0) is 14.3 Å². The number of aliphatic hydroxyl groups excluding tert-OH is 2. The van der Waals surface area contributed by atoms with Gasteiger partial charge in [0, 0.05) is 6.42 Å². The number of allylic oxidation sites excluding steroid dienone is 10. The summed E-state index contributed by atoms with van der Waals surface area (Å²) >= 11 is 0. The molecule has 3 unspecified atom stereocenters. The first-order chi connectivity index (χ1) is 30.5. The zero-order valence-electron chi connectivity index (χ0n) is 41.0. The van der Waals surface area contributed by atoms with Gasteiger partial charge in [-0.1, -0.05) is 229 Å². The number of aliphatic hydroxyl groups is 2. The maximum Gasteiger partial charge on any atom is 0.306 e. The molecular weight excluding hydrogens is 767 g/mol. The first kappa shape index (κ1) is 59.6. The van der Waals surface area contributed by atoms with Crippen molar-refractivity contribution in [3.8, 4) is 0 Å². The number of carbonyl (C=O) groups excluding carboxylic acids is 2. The Bertz CT molecular complexity index is 1110. The second-order valence-corrected chi connectivity index (χ2v) is 18.0. The Morgan fingerprint density at radius 2 is 0.823 bits per heavy atom. The molecule has 0 aromatic heterocycles. The fourth-order valence-electron chi connectivity index (χ4n) is 7.83. The molecule has 0 aromatic carbocycles. The van der Waals surface area contributed by atoms with Crippen molar-refractivity contribution in [2.45, 2.75) is 277 Å². The third-order valence-electron chi connectivity index (χ3n) is 11.9. The SMILES string of the molecule is CCCCCCC/C=C/C=C/C=C/CCCCCC(CC(=O)NC(CO)C(O)CCCCCCCCCCC)OC(=O)CCCCCCC/C=C/C=C/CCCCCCCCC. The molecule has 0 radical (unpaired) electrons. The highest BCUT2D eigenvalue weighted by atomic mass is 16.5. The van der Waals surface area contributed by atoms with Crippen molar-refractivity contribution in [1.82, 2.24) is 5.32 Å². The number of esters is 1. The van der Waals surface area contributed by atoms with E-state index in [1.807, 2.05) is 0 Å². The molecule has 0 aliphatic heterocycles. The van der Waals surface area contributed by atoms with Crippen LogP contribution in [0.15, 0.2) is 60.8 Å². The van der Waals surface area contributed by atoms with Crippen LogP contribution in [0.5, 0.6) is 0 Å². The highest BCUT2D eigenvalue weighted by Crippen LogP contribution is 2.17. The molecule has 0 spiro atoms. The summed E-state index contributed by atoms with van der Waals surface area (Å²) in [5.41, 5.74) is 0. The molecule has 0 saturated heterocycles. The Labute approximate surface area is 384 Å². The van der Waals surface area contributed by atoms with Gasteiger partial charge >= 0.3 is 5.97 Å². The number of hydrogen-bond acceptors (Lipinski definition) is 5. The van der Waals surface area contributed by atoms with E-state index < -0.39 is 18.2 Å². The van der Waals surface area contributed by atoms with Crippen molar-refractivity contribution in [3.05, 3.63) is 60.8 Å². The van der Waals surface area contributed by atoms with Crippen LogP contribution < -0.4 is 5.32 Å². The van der Waals surface area contributed by atoms with Gasteiger partial charge < -0.3 is 20.3 Å². The summed E-state index contributed by atoms with van der Waals surface area (Å²) < 4.78 is 5.92.